The number of carbonyl (C=O) groups excluding carboxylic acids is 1. The first-order chi connectivity index (χ1) is 14.7. The standard InChI is InChI=1S/C23H30N4O2S2/c1-14(17-7-6-10-29-17)24-20(28)13-30-22-26-25-21(27(22)5)19-12-15-11-16(23(2,3)4)8-9-18(15)31-19/h6-7,10,12,14,16H,8-9,11,13H2,1-5H3,(H,24,28). The van der Waals surface area contributed by atoms with Crippen LogP contribution >= 0.6 is 23.1 Å². The second-order valence-corrected chi connectivity index (χ2v) is 11.4. The normalized spacial score (nSPS) is 17.4. The van der Waals surface area contributed by atoms with Gasteiger partial charge in [0.2, 0.25) is 5.91 Å². The molecule has 0 spiro atoms. The highest BCUT2D eigenvalue weighted by atomic mass is 32.2. The van der Waals surface area contributed by atoms with Gasteiger partial charge in [0.15, 0.2) is 11.0 Å². The summed E-state index contributed by atoms with van der Waals surface area (Å²) in [5, 5.41) is 12.5. The molecule has 0 fully saturated rings. The van der Waals surface area contributed by atoms with Crippen LogP contribution in [0.3, 0.4) is 0 Å². The smallest absolute Gasteiger partial charge is 0.231 e. The minimum absolute atomic E-state index is 0.0572. The number of amides is 1. The van der Waals surface area contributed by atoms with Gasteiger partial charge in [0, 0.05) is 11.9 Å². The maximum absolute atomic E-state index is 12.3. The second-order valence-electron chi connectivity index (χ2n) is 9.32. The molecular weight excluding hydrogens is 428 g/mol. The molecule has 2 unspecified atom stereocenters. The number of thiophene rings is 1. The van der Waals surface area contributed by atoms with Crippen LogP contribution in [0.1, 0.15) is 56.4 Å². The van der Waals surface area contributed by atoms with Crippen molar-refractivity contribution in [3.63, 3.8) is 0 Å². The third-order valence-corrected chi connectivity index (χ3v) is 8.30. The maximum Gasteiger partial charge on any atom is 0.231 e. The third-order valence-electron chi connectivity index (χ3n) is 6.04. The molecule has 0 bridgehead atoms. The van der Waals surface area contributed by atoms with E-state index in [9.17, 15) is 4.79 Å². The molecule has 0 aromatic carbocycles. The van der Waals surface area contributed by atoms with E-state index in [4.69, 9.17) is 4.42 Å². The quantitative estimate of drug-likeness (QED) is 0.510. The first-order valence-electron chi connectivity index (χ1n) is 10.7. The van der Waals surface area contributed by atoms with Crippen LogP contribution in [-0.2, 0) is 24.7 Å². The summed E-state index contributed by atoms with van der Waals surface area (Å²) in [6.45, 7) is 8.93. The zero-order chi connectivity index (χ0) is 22.2. The van der Waals surface area contributed by atoms with Crippen molar-refractivity contribution < 1.29 is 9.21 Å². The Morgan fingerprint density at radius 2 is 2.23 bits per heavy atom. The van der Waals surface area contributed by atoms with Crippen LogP contribution in [0, 0.1) is 11.3 Å². The van der Waals surface area contributed by atoms with E-state index < -0.39 is 0 Å². The molecule has 6 nitrogen and oxygen atoms in total. The van der Waals surface area contributed by atoms with E-state index in [-0.39, 0.29) is 17.7 Å². The zero-order valence-corrected chi connectivity index (χ0v) is 20.4. The van der Waals surface area contributed by atoms with Gasteiger partial charge in [-0.25, -0.2) is 0 Å². The SMILES string of the molecule is CC(NC(=O)CSc1nnc(-c2cc3c(s2)CCC(C(C)(C)C)C3)n1C)c1ccco1. The Labute approximate surface area is 191 Å². The number of fused-ring (bicyclic) bond motifs is 1. The second kappa shape index (κ2) is 8.82. The highest BCUT2D eigenvalue weighted by Gasteiger charge is 2.30. The molecule has 3 aromatic heterocycles. The molecule has 31 heavy (non-hydrogen) atoms. The molecule has 3 heterocycles. The number of aromatic nitrogens is 3. The van der Waals surface area contributed by atoms with Gasteiger partial charge in [-0.05, 0) is 61.3 Å². The van der Waals surface area contributed by atoms with Crippen LogP contribution < -0.4 is 5.32 Å². The molecule has 3 aromatic rings. The van der Waals surface area contributed by atoms with Crippen molar-refractivity contribution >= 4 is 29.0 Å². The lowest BCUT2D eigenvalue weighted by Gasteiger charge is -2.33. The van der Waals surface area contributed by atoms with Crippen LogP contribution in [0.4, 0.5) is 0 Å². The third kappa shape index (κ3) is 4.90. The van der Waals surface area contributed by atoms with E-state index in [0.29, 0.717) is 5.41 Å². The molecule has 1 aliphatic rings. The molecule has 0 radical (unpaired) electrons. The topological polar surface area (TPSA) is 73.0 Å². The van der Waals surface area contributed by atoms with Crippen molar-refractivity contribution in [2.24, 2.45) is 18.4 Å². The minimum atomic E-state index is -0.160. The molecule has 1 amide bonds. The number of hydrogen-bond acceptors (Lipinski definition) is 6. The molecule has 0 saturated heterocycles. The number of nitrogens with one attached hydrogen (secondary N) is 1. The van der Waals surface area contributed by atoms with E-state index >= 15 is 0 Å². The van der Waals surface area contributed by atoms with E-state index in [0.717, 1.165) is 40.4 Å². The van der Waals surface area contributed by atoms with Crippen molar-refractivity contribution in [3.8, 4) is 10.7 Å². The zero-order valence-electron chi connectivity index (χ0n) is 18.8. The van der Waals surface area contributed by atoms with E-state index in [1.54, 1.807) is 6.26 Å². The summed E-state index contributed by atoms with van der Waals surface area (Å²) in [4.78, 5) is 15.0. The summed E-state index contributed by atoms with van der Waals surface area (Å²) < 4.78 is 7.34. The Bertz CT molecular complexity index is 1050. The summed E-state index contributed by atoms with van der Waals surface area (Å²) in [5.74, 6) is 2.56. The Morgan fingerprint density at radius 1 is 1.42 bits per heavy atom. The fraction of sp³-hybridized carbons (Fsp3) is 0.522. The lowest BCUT2D eigenvalue weighted by atomic mass is 9.72. The van der Waals surface area contributed by atoms with Gasteiger partial charge in [0.25, 0.3) is 0 Å². The van der Waals surface area contributed by atoms with E-state index in [2.05, 4.69) is 42.4 Å². The lowest BCUT2D eigenvalue weighted by molar-refractivity contribution is -0.119. The number of nitrogens with zero attached hydrogens (tertiary/aromatic N) is 3. The van der Waals surface area contributed by atoms with Crippen LogP contribution in [0.5, 0.6) is 0 Å². The number of thioether (sulfide) groups is 1. The average Bonchev–Trinajstić information content (AvgIpc) is 3.44. The molecule has 0 aliphatic heterocycles. The molecule has 166 valence electrons. The van der Waals surface area contributed by atoms with Crippen molar-refractivity contribution in [3.05, 3.63) is 40.7 Å². The maximum atomic E-state index is 12.3. The Balaban J connectivity index is 1.40. The minimum Gasteiger partial charge on any atom is -0.467 e. The number of carbonyl (C=O) groups is 1. The molecule has 1 N–H and O–H groups in total. The van der Waals surface area contributed by atoms with Gasteiger partial charge in [-0.3, -0.25) is 4.79 Å². The van der Waals surface area contributed by atoms with Crippen molar-refractivity contribution in [1.82, 2.24) is 20.1 Å². The molecule has 1 aliphatic carbocycles. The van der Waals surface area contributed by atoms with Gasteiger partial charge >= 0.3 is 0 Å². The van der Waals surface area contributed by atoms with Crippen molar-refractivity contribution in [2.45, 2.75) is 58.2 Å². The fourth-order valence-corrected chi connectivity index (χ4v) is 6.00. The van der Waals surface area contributed by atoms with Crippen molar-refractivity contribution in [2.75, 3.05) is 5.75 Å². The van der Waals surface area contributed by atoms with Crippen LogP contribution in [0.15, 0.2) is 34.0 Å². The largest absolute Gasteiger partial charge is 0.467 e. The lowest BCUT2D eigenvalue weighted by Crippen LogP contribution is -2.28. The first-order valence-corrected chi connectivity index (χ1v) is 12.5. The van der Waals surface area contributed by atoms with Crippen LogP contribution in [-0.4, -0.2) is 26.4 Å². The molecular formula is C23H30N4O2S2. The van der Waals surface area contributed by atoms with Gasteiger partial charge in [-0.2, -0.15) is 0 Å². The summed E-state index contributed by atoms with van der Waals surface area (Å²) in [6.07, 6.45) is 5.15. The molecule has 8 heteroatoms. The monoisotopic (exact) mass is 458 g/mol. The van der Waals surface area contributed by atoms with Gasteiger partial charge in [-0.15, -0.1) is 21.5 Å². The van der Waals surface area contributed by atoms with Gasteiger partial charge in [0.1, 0.15) is 5.76 Å². The van der Waals surface area contributed by atoms with Crippen LogP contribution in [0.2, 0.25) is 0 Å². The molecule has 0 saturated carbocycles. The Kier molecular flexibility index (Phi) is 6.30. The number of aryl methyl sites for hydroxylation is 1. The Hall–Kier alpha value is -2.06. The predicted octanol–water partition coefficient (Wildman–Crippen LogP) is 5.26. The number of rotatable bonds is 6. The average molecular weight is 459 g/mol. The van der Waals surface area contributed by atoms with Gasteiger partial charge in [0.05, 0.1) is 22.9 Å². The summed E-state index contributed by atoms with van der Waals surface area (Å²) in [7, 11) is 1.97. The molecule has 2 atom stereocenters. The molecule has 4 rings (SSSR count). The fourth-order valence-electron chi connectivity index (χ4n) is 4.05. The highest BCUT2D eigenvalue weighted by Crippen LogP contribution is 2.42. The summed E-state index contributed by atoms with van der Waals surface area (Å²) in [5.41, 5.74) is 1.80. The van der Waals surface area contributed by atoms with Crippen molar-refractivity contribution in [1.29, 1.82) is 0 Å². The van der Waals surface area contributed by atoms with E-state index in [1.807, 2.05) is 42.0 Å². The number of furan rings is 1. The summed E-state index contributed by atoms with van der Waals surface area (Å²) >= 11 is 3.24. The summed E-state index contributed by atoms with van der Waals surface area (Å²) in [6, 6.07) is 5.82. The van der Waals surface area contributed by atoms with E-state index in [1.165, 1.54) is 28.6 Å². The van der Waals surface area contributed by atoms with Gasteiger partial charge < -0.3 is 14.3 Å². The van der Waals surface area contributed by atoms with Gasteiger partial charge in [-0.1, -0.05) is 32.5 Å². The Morgan fingerprint density at radius 3 is 2.94 bits per heavy atom. The highest BCUT2D eigenvalue weighted by molar-refractivity contribution is 7.99. The van der Waals surface area contributed by atoms with Crippen LogP contribution in [0.25, 0.3) is 10.7 Å². The first kappa shape index (κ1) is 22.1. The predicted molar refractivity (Wildman–Crippen MR) is 125 cm³/mol. The number of hydrogen-bond donors (Lipinski definition) is 1.